The van der Waals surface area contributed by atoms with Crippen LogP contribution in [0.1, 0.15) is 27.6 Å². The van der Waals surface area contributed by atoms with Crippen molar-refractivity contribution in [2.45, 2.75) is 13.0 Å². The molecule has 1 atom stereocenters. The summed E-state index contributed by atoms with van der Waals surface area (Å²) >= 11 is 5.99. The number of methoxy groups -OCH3 is 1. The van der Waals surface area contributed by atoms with Crippen molar-refractivity contribution in [3.63, 3.8) is 0 Å². The van der Waals surface area contributed by atoms with Crippen molar-refractivity contribution >= 4 is 23.4 Å². The fourth-order valence-electron chi connectivity index (χ4n) is 2.01. The van der Waals surface area contributed by atoms with Gasteiger partial charge in [-0.2, -0.15) is 0 Å². The third-order valence-corrected chi connectivity index (χ3v) is 3.72. The molecule has 0 fully saturated rings. The summed E-state index contributed by atoms with van der Waals surface area (Å²) < 4.78 is 5.19. The molecular weight excluding hydrogens is 316 g/mol. The number of aryl methyl sites for hydroxylation is 1. The Bertz CT molecular complexity index is 704. The quantitative estimate of drug-likeness (QED) is 0.846. The van der Waals surface area contributed by atoms with Gasteiger partial charge in [-0.1, -0.05) is 48.0 Å². The van der Waals surface area contributed by atoms with Gasteiger partial charge in [0.25, 0.3) is 11.8 Å². The standard InChI is InChI=1S/C17H17ClN2O3/c1-11-8-9-13(10-14(11)18)16(21)19-20-17(22)15(23-2)12-6-4-3-5-7-12/h3-10,15H,1-2H3,(H,19,21)(H,20,22)/t15-/m1/s1. The minimum atomic E-state index is -0.807. The molecule has 0 saturated heterocycles. The summed E-state index contributed by atoms with van der Waals surface area (Å²) in [5.74, 6) is -0.923. The Morgan fingerprint density at radius 2 is 1.78 bits per heavy atom. The predicted molar refractivity (Wildman–Crippen MR) is 88.0 cm³/mol. The minimum absolute atomic E-state index is 0.356. The van der Waals surface area contributed by atoms with Crippen LogP contribution in [0.2, 0.25) is 5.02 Å². The summed E-state index contributed by atoms with van der Waals surface area (Å²) in [4.78, 5) is 24.2. The van der Waals surface area contributed by atoms with Gasteiger partial charge < -0.3 is 4.74 Å². The number of nitrogens with one attached hydrogen (secondary N) is 2. The van der Waals surface area contributed by atoms with Crippen molar-refractivity contribution in [2.24, 2.45) is 0 Å². The molecule has 0 radical (unpaired) electrons. The van der Waals surface area contributed by atoms with Crippen LogP contribution in [0, 0.1) is 6.92 Å². The zero-order chi connectivity index (χ0) is 16.8. The lowest BCUT2D eigenvalue weighted by Crippen LogP contribution is -2.44. The number of carbonyl (C=O) groups excluding carboxylic acids is 2. The van der Waals surface area contributed by atoms with Crippen LogP contribution in [0.25, 0.3) is 0 Å². The van der Waals surface area contributed by atoms with Crippen LogP contribution in [0.4, 0.5) is 0 Å². The molecule has 0 aromatic heterocycles. The zero-order valence-electron chi connectivity index (χ0n) is 12.8. The van der Waals surface area contributed by atoms with Gasteiger partial charge in [-0.15, -0.1) is 0 Å². The Balaban J connectivity index is 2.00. The number of benzene rings is 2. The van der Waals surface area contributed by atoms with Gasteiger partial charge in [0.15, 0.2) is 6.10 Å². The van der Waals surface area contributed by atoms with Crippen LogP contribution >= 0.6 is 11.6 Å². The first-order valence-corrected chi connectivity index (χ1v) is 7.35. The number of carbonyl (C=O) groups is 2. The lowest BCUT2D eigenvalue weighted by atomic mass is 10.1. The number of hydrazine groups is 1. The topological polar surface area (TPSA) is 67.4 Å². The van der Waals surface area contributed by atoms with Crippen molar-refractivity contribution < 1.29 is 14.3 Å². The van der Waals surface area contributed by atoms with Crippen molar-refractivity contribution in [3.8, 4) is 0 Å². The van der Waals surface area contributed by atoms with E-state index in [0.717, 1.165) is 5.56 Å². The SMILES string of the molecule is CO[C@@H](C(=O)NNC(=O)c1ccc(C)c(Cl)c1)c1ccccc1. The molecule has 2 aromatic rings. The van der Waals surface area contributed by atoms with E-state index >= 15 is 0 Å². The maximum Gasteiger partial charge on any atom is 0.272 e. The molecule has 2 rings (SSSR count). The zero-order valence-corrected chi connectivity index (χ0v) is 13.6. The van der Waals surface area contributed by atoms with Crippen molar-refractivity contribution in [2.75, 3.05) is 7.11 Å². The Morgan fingerprint density at radius 1 is 1.09 bits per heavy atom. The molecule has 0 aliphatic heterocycles. The number of halogens is 1. The van der Waals surface area contributed by atoms with Gasteiger partial charge in [0.1, 0.15) is 0 Å². The fourth-order valence-corrected chi connectivity index (χ4v) is 2.19. The third-order valence-electron chi connectivity index (χ3n) is 3.31. The molecule has 0 unspecified atom stereocenters. The van der Waals surface area contributed by atoms with E-state index in [1.54, 1.807) is 30.3 Å². The molecule has 2 aromatic carbocycles. The van der Waals surface area contributed by atoms with Gasteiger partial charge in [0.2, 0.25) is 0 Å². The van der Waals surface area contributed by atoms with E-state index in [1.807, 2.05) is 25.1 Å². The average molecular weight is 333 g/mol. The van der Waals surface area contributed by atoms with Crippen LogP contribution in [-0.2, 0) is 9.53 Å². The highest BCUT2D eigenvalue weighted by Gasteiger charge is 2.20. The summed E-state index contributed by atoms with van der Waals surface area (Å²) in [6, 6.07) is 13.9. The normalized spacial score (nSPS) is 11.6. The van der Waals surface area contributed by atoms with Gasteiger partial charge in [-0.05, 0) is 30.2 Å². The molecule has 0 spiro atoms. The van der Waals surface area contributed by atoms with E-state index in [-0.39, 0.29) is 0 Å². The third kappa shape index (κ3) is 4.31. The van der Waals surface area contributed by atoms with E-state index in [2.05, 4.69) is 10.9 Å². The van der Waals surface area contributed by atoms with Crippen LogP contribution in [-0.4, -0.2) is 18.9 Å². The summed E-state index contributed by atoms with van der Waals surface area (Å²) in [6.07, 6.45) is -0.807. The van der Waals surface area contributed by atoms with E-state index in [0.29, 0.717) is 16.1 Å². The number of ether oxygens (including phenoxy) is 1. The molecule has 23 heavy (non-hydrogen) atoms. The Kier molecular flexibility index (Phi) is 5.73. The molecule has 0 saturated carbocycles. The maximum atomic E-state index is 12.2. The molecule has 5 nitrogen and oxygen atoms in total. The van der Waals surface area contributed by atoms with Crippen molar-refractivity contribution in [1.82, 2.24) is 10.9 Å². The molecule has 6 heteroatoms. The first kappa shape index (κ1) is 17.0. The van der Waals surface area contributed by atoms with Crippen molar-refractivity contribution in [3.05, 3.63) is 70.2 Å². The molecule has 0 aliphatic rings. The van der Waals surface area contributed by atoms with E-state index in [9.17, 15) is 9.59 Å². The molecule has 2 N–H and O–H groups in total. The second-order valence-electron chi connectivity index (χ2n) is 4.93. The lowest BCUT2D eigenvalue weighted by molar-refractivity contribution is -0.132. The van der Waals surface area contributed by atoms with Crippen molar-refractivity contribution in [1.29, 1.82) is 0 Å². The second-order valence-corrected chi connectivity index (χ2v) is 5.34. The monoisotopic (exact) mass is 332 g/mol. The second kappa shape index (κ2) is 7.76. The number of rotatable bonds is 4. The van der Waals surface area contributed by atoms with Crippen LogP contribution in [0.15, 0.2) is 48.5 Å². The first-order chi connectivity index (χ1) is 11.0. The minimum Gasteiger partial charge on any atom is -0.367 e. The van der Waals surface area contributed by atoms with Crippen LogP contribution < -0.4 is 10.9 Å². The smallest absolute Gasteiger partial charge is 0.272 e. The van der Waals surface area contributed by atoms with Crippen LogP contribution in [0.3, 0.4) is 0 Å². The van der Waals surface area contributed by atoms with Gasteiger partial charge in [-0.25, -0.2) is 0 Å². The molecule has 120 valence electrons. The van der Waals surface area contributed by atoms with Gasteiger partial charge in [-0.3, -0.25) is 20.4 Å². The largest absolute Gasteiger partial charge is 0.367 e. The number of hydrogen-bond acceptors (Lipinski definition) is 3. The first-order valence-electron chi connectivity index (χ1n) is 6.97. The predicted octanol–water partition coefficient (Wildman–Crippen LogP) is 2.80. The van der Waals surface area contributed by atoms with E-state index in [4.69, 9.17) is 16.3 Å². The van der Waals surface area contributed by atoms with E-state index < -0.39 is 17.9 Å². The highest BCUT2D eigenvalue weighted by Crippen LogP contribution is 2.17. The summed E-state index contributed by atoms with van der Waals surface area (Å²) in [6.45, 7) is 1.84. The van der Waals surface area contributed by atoms with E-state index in [1.165, 1.54) is 7.11 Å². The Morgan fingerprint density at radius 3 is 2.39 bits per heavy atom. The molecule has 0 aliphatic carbocycles. The van der Waals surface area contributed by atoms with Gasteiger partial charge in [0, 0.05) is 17.7 Å². The molecular formula is C17H17ClN2O3. The lowest BCUT2D eigenvalue weighted by Gasteiger charge is -2.16. The fraction of sp³-hybridized carbons (Fsp3) is 0.176. The molecule has 0 heterocycles. The summed E-state index contributed by atoms with van der Waals surface area (Å²) in [5, 5.41) is 0.489. The average Bonchev–Trinajstić information content (AvgIpc) is 2.57. The summed E-state index contributed by atoms with van der Waals surface area (Å²) in [5.41, 5.74) is 6.63. The highest BCUT2D eigenvalue weighted by atomic mass is 35.5. The number of amides is 2. The number of hydrogen-bond donors (Lipinski definition) is 2. The Labute approximate surface area is 139 Å². The molecule has 0 bridgehead atoms. The van der Waals surface area contributed by atoms with Crippen LogP contribution in [0.5, 0.6) is 0 Å². The van der Waals surface area contributed by atoms with Gasteiger partial charge in [0.05, 0.1) is 0 Å². The highest BCUT2D eigenvalue weighted by molar-refractivity contribution is 6.31. The molecule has 2 amide bonds. The Hall–Kier alpha value is -2.37. The maximum absolute atomic E-state index is 12.2. The summed E-state index contributed by atoms with van der Waals surface area (Å²) in [7, 11) is 1.43. The van der Waals surface area contributed by atoms with Gasteiger partial charge >= 0.3 is 0 Å².